The average Bonchev–Trinajstić information content (AvgIpc) is 2.41. The van der Waals surface area contributed by atoms with Crippen molar-refractivity contribution in [2.45, 2.75) is 60.0 Å². The zero-order valence-electron chi connectivity index (χ0n) is 14.4. The molecule has 5 heteroatoms. The summed E-state index contributed by atoms with van der Waals surface area (Å²) in [7, 11) is 1.72. The molecule has 1 amide bonds. The Morgan fingerprint density at radius 3 is 2.19 bits per heavy atom. The number of hydrogen-bond donors (Lipinski definition) is 1. The van der Waals surface area contributed by atoms with Gasteiger partial charge in [0.25, 0.3) is 0 Å². The first-order valence-corrected chi connectivity index (χ1v) is 7.44. The smallest absolute Gasteiger partial charge is 0.333 e. The fraction of sp³-hybridized carbons (Fsp3) is 0.750. The van der Waals surface area contributed by atoms with Crippen molar-refractivity contribution in [2.75, 3.05) is 13.7 Å². The van der Waals surface area contributed by atoms with E-state index in [-0.39, 0.29) is 23.3 Å². The molecule has 0 aliphatic rings. The van der Waals surface area contributed by atoms with E-state index in [9.17, 15) is 9.59 Å². The van der Waals surface area contributed by atoms with Crippen molar-refractivity contribution < 1.29 is 14.3 Å². The zero-order chi connectivity index (χ0) is 16.8. The van der Waals surface area contributed by atoms with E-state index in [0.717, 1.165) is 0 Å². The molecule has 0 saturated heterocycles. The lowest BCUT2D eigenvalue weighted by Crippen LogP contribution is -2.51. The van der Waals surface area contributed by atoms with Gasteiger partial charge in [-0.05, 0) is 25.7 Å². The van der Waals surface area contributed by atoms with Crippen molar-refractivity contribution >= 4 is 11.9 Å². The van der Waals surface area contributed by atoms with Crippen LogP contribution in [0.25, 0.3) is 0 Å². The Kier molecular flexibility index (Phi) is 7.64. The number of carbonyl (C=O) groups excluding carboxylic acids is 2. The molecule has 0 aliphatic heterocycles. The van der Waals surface area contributed by atoms with Crippen LogP contribution < -0.4 is 5.73 Å². The number of esters is 1. The molecule has 0 bridgehead atoms. The second-order valence-electron chi connectivity index (χ2n) is 6.34. The normalized spacial score (nSPS) is 15.3. The number of ether oxygens (including phenoxy) is 1. The first kappa shape index (κ1) is 19.6. The summed E-state index contributed by atoms with van der Waals surface area (Å²) in [5.41, 5.74) is 6.23. The van der Waals surface area contributed by atoms with E-state index in [0.29, 0.717) is 18.6 Å². The minimum atomic E-state index is -0.576. The largest absolute Gasteiger partial charge is 0.463 e. The van der Waals surface area contributed by atoms with Gasteiger partial charge >= 0.3 is 5.97 Å². The minimum Gasteiger partial charge on any atom is -0.463 e. The third-order valence-electron chi connectivity index (χ3n) is 3.50. The van der Waals surface area contributed by atoms with Crippen LogP contribution >= 0.6 is 0 Å². The third kappa shape index (κ3) is 5.87. The van der Waals surface area contributed by atoms with Gasteiger partial charge in [0, 0.05) is 12.6 Å². The lowest BCUT2D eigenvalue weighted by atomic mass is 9.86. The Bertz CT molecular complexity index is 397. The Balaban J connectivity index is 5.07. The zero-order valence-corrected chi connectivity index (χ0v) is 14.4. The lowest BCUT2D eigenvalue weighted by molar-refractivity contribution is -0.139. The Morgan fingerprint density at radius 1 is 1.29 bits per heavy atom. The Hall–Kier alpha value is -1.36. The second-order valence-corrected chi connectivity index (χ2v) is 6.34. The monoisotopic (exact) mass is 298 g/mol. The fourth-order valence-corrected chi connectivity index (χ4v) is 1.86. The second kappa shape index (κ2) is 8.17. The molecule has 21 heavy (non-hydrogen) atoms. The van der Waals surface area contributed by atoms with Gasteiger partial charge in [0.2, 0.25) is 5.91 Å². The highest BCUT2D eigenvalue weighted by molar-refractivity contribution is 5.88. The summed E-state index contributed by atoms with van der Waals surface area (Å²) in [6, 6.07) is -0.747. The number of likely N-dealkylation sites (N-methyl/N-ethyl adjacent to an activating group) is 1. The summed E-state index contributed by atoms with van der Waals surface area (Å²) in [6.45, 7) is 11.6. The molecule has 0 radical (unpaired) electrons. The molecule has 5 nitrogen and oxygen atoms in total. The van der Waals surface area contributed by atoms with Gasteiger partial charge in [-0.25, -0.2) is 4.79 Å². The molecule has 1 unspecified atom stereocenters. The first-order chi connectivity index (χ1) is 9.56. The van der Waals surface area contributed by atoms with Gasteiger partial charge in [-0.3, -0.25) is 4.79 Å². The van der Waals surface area contributed by atoms with E-state index in [4.69, 9.17) is 10.5 Å². The Morgan fingerprint density at radius 2 is 1.81 bits per heavy atom. The first-order valence-electron chi connectivity index (χ1n) is 7.44. The van der Waals surface area contributed by atoms with Crippen LogP contribution in [0.5, 0.6) is 0 Å². The SMILES string of the molecule is CCOC(=O)C(C)=CC(CC)N(C)C(=O)[C@@H](N)C(C)(C)C. The van der Waals surface area contributed by atoms with Crippen molar-refractivity contribution in [2.24, 2.45) is 11.1 Å². The van der Waals surface area contributed by atoms with Gasteiger partial charge in [-0.2, -0.15) is 0 Å². The number of hydrogen-bond acceptors (Lipinski definition) is 4. The van der Waals surface area contributed by atoms with Crippen LogP contribution in [0.15, 0.2) is 11.6 Å². The molecule has 0 rings (SSSR count). The number of rotatable bonds is 6. The molecule has 0 fully saturated rings. The van der Waals surface area contributed by atoms with Crippen LogP contribution in [0.4, 0.5) is 0 Å². The molecule has 0 aliphatic carbocycles. The van der Waals surface area contributed by atoms with E-state index in [2.05, 4.69) is 0 Å². The molecule has 2 atom stereocenters. The van der Waals surface area contributed by atoms with E-state index >= 15 is 0 Å². The van der Waals surface area contributed by atoms with Gasteiger partial charge in [0.15, 0.2) is 0 Å². The molecule has 122 valence electrons. The minimum absolute atomic E-state index is 0.123. The van der Waals surface area contributed by atoms with Crippen LogP contribution in [0.3, 0.4) is 0 Å². The summed E-state index contributed by atoms with van der Waals surface area (Å²) in [4.78, 5) is 25.7. The predicted octanol–water partition coefficient (Wildman–Crippen LogP) is 2.11. The molecule has 0 aromatic rings. The van der Waals surface area contributed by atoms with Crippen molar-refractivity contribution in [1.82, 2.24) is 4.90 Å². The summed E-state index contributed by atoms with van der Waals surface area (Å²) in [5, 5.41) is 0. The van der Waals surface area contributed by atoms with Gasteiger partial charge in [0.1, 0.15) is 0 Å². The standard InChI is InChI=1S/C16H30N2O3/c1-8-12(10-11(3)15(20)21-9-2)18(7)14(19)13(17)16(4,5)6/h10,12-13H,8-9,17H2,1-7H3/t12?,13-/m1/s1. The maximum absolute atomic E-state index is 12.4. The van der Waals surface area contributed by atoms with E-state index < -0.39 is 6.04 Å². The van der Waals surface area contributed by atoms with Crippen LogP contribution in [-0.4, -0.2) is 42.5 Å². The molecule has 0 saturated carbocycles. The number of nitrogens with two attached hydrogens (primary N) is 1. The summed E-state index contributed by atoms with van der Waals surface area (Å²) in [6.07, 6.45) is 2.47. The lowest BCUT2D eigenvalue weighted by Gasteiger charge is -2.33. The van der Waals surface area contributed by atoms with Crippen LogP contribution in [-0.2, 0) is 14.3 Å². The average molecular weight is 298 g/mol. The molecule has 2 N–H and O–H groups in total. The Labute approximate surface area is 128 Å². The van der Waals surface area contributed by atoms with Crippen LogP contribution in [0, 0.1) is 5.41 Å². The topological polar surface area (TPSA) is 72.6 Å². The predicted molar refractivity (Wildman–Crippen MR) is 84.7 cm³/mol. The molecule has 0 aromatic carbocycles. The quantitative estimate of drug-likeness (QED) is 0.602. The van der Waals surface area contributed by atoms with Crippen molar-refractivity contribution in [3.05, 3.63) is 11.6 Å². The van der Waals surface area contributed by atoms with Crippen molar-refractivity contribution in [1.29, 1.82) is 0 Å². The highest BCUT2D eigenvalue weighted by atomic mass is 16.5. The summed E-state index contributed by atoms with van der Waals surface area (Å²) in [5.74, 6) is -0.473. The molecular formula is C16H30N2O3. The van der Waals surface area contributed by atoms with E-state index in [1.54, 1.807) is 31.9 Å². The van der Waals surface area contributed by atoms with E-state index in [1.807, 2.05) is 27.7 Å². The highest BCUT2D eigenvalue weighted by Gasteiger charge is 2.31. The van der Waals surface area contributed by atoms with Crippen LogP contribution in [0.2, 0.25) is 0 Å². The van der Waals surface area contributed by atoms with Crippen LogP contribution in [0.1, 0.15) is 48.0 Å². The molecule has 0 heterocycles. The van der Waals surface area contributed by atoms with Gasteiger partial charge in [0.05, 0.1) is 18.7 Å². The van der Waals surface area contributed by atoms with Gasteiger partial charge in [-0.1, -0.05) is 33.8 Å². The highest BCUT2D eigenvalue weighted by Crippen LogP contribution is 2.20. The molecular weight excluding hydrogens is 268 g/mol. The molecule has 0 aromatic heterocycles. The van der Waals surface area contributed by atoms with Crippen molar-refractivity contribution in [3.63, 3.8) is 0 Å². The summed E-state index contributed by atoms with van der Waals surface area (Å²) >= 11 is 0. The van der Waals surface area contributed by atoms with E-state index in [1.165, 1.54) is 0 Å². The summed E-state index contributed by atoms with van der Waals surface area (Å²) < 4.78 is 4.96. The molecule has 0 spiro atoms. The third-order valence-corrected chi connectivity index (χ3v) is 3.50. The number of amides is 1. The van der Waals surface area contributed by atoms with Crippen molar-refractivity contribution in [3.8, 4) is 0 Å². The fourth-order valence-electron chi connectivity index (χ4n) is 1.86. The van der Waals surface area contributed by atoms with Gasteiger partial charge < -0.3 is 15.4 Å². The number of nitrogens with zero attached hydrogens (tertiary/aromatic N) is 1. The number of carbonyl (C=O) groups is 2. The van der Waals surface area contributed by atoms with Gasteiger partial charge in [-0.15, -0.1) is 0 Å². The maximum atomic E-state index is 12.4. The maximum Gasteiger partial charge on any atom is 0.333 e.